The van der Waals surface area contributed by atoms with Crippen molar-refractivity contribution in [1.29, 1.82) is 0 Å². The number of ether oxygens (including phenoxy) is 2. The molecule has 0 aliphatic heterocycles. The second-order valence-electron chi connectivity index (χ2n) is 7.30. The summed E-state index contributed by atoms with van der Waals surface area (Å²) in [5, 5.41) is 0. The number of nitrogens with zero attached hydrogens (tertiary/aromatic N) is 1. The molecule has 0 aliphatic rings. The Hall–Kier alpha value is -1.26. The van der Waals surface area contributed by atoms with Crippen LogP contribution in [0.1, 0.15) is 61.3 Å². The van der Waals surface area contributed by atoms with Gasteiger partial charge in [-0.05, 0) is 33.6 Å². The normalized spacial score (nSPS) is 13.5. The van der Waals surface area contributed by atoms with Crippen LogP contribution in [0.5, 0.6) is 0 Å². The maximum absolute atomic E-state index is 12.1. The fourth-order valence-corrected chi connectivity index (χ4v) is 2.03. The molecule has 0 rings (SSSR count). The van der Waals surface area contributed by atoms with Crippen LogP contribution in [0.3, 0.4) is 0 Å². The van der Waals surface area contributed by atoms with Crippen LogP contribution in [0.4, 0.5) is 4.79 Å². The van der Waals surface area contributed by atoms with Gasteiger partial charge in [0.05, 0.1) is 6.61 Å². The van der Waals surface area contributed by atoms with E-state index in [1.807, 2.05) is 41.5 Å². The summed E-state index contributed by atoms with van der Waals surface area (Å²) in [4.78, 5) is 24.7. The molecule has 0 fully saturated rings. The second-order valence-corrected chi connectivity index (χ2v) is 7.30. The molecular formula is C16H31NO4. The summed E-state index contributed by atoms with van der Waals surface area (Å²) < 4.78 is 10.5. The highest BCUT2D eigenvalue weighted by molar-refractivity contribution is 5.68. The largest absolute Gasteiger partial charge is 0.465 e. The van der Waals surface area contributed by atoms with Gasteiger partial charge in [-0.2, -0.15) is 0 Å². The third-order valence-corrected chi connectivity index (χ3v) is 3.15. The zero-order chi connectivity index (χ0) is 16.8. The lowest BCUT2D eigenvalue weighted by Gasteiger charge is -2.35. The molecule has 0 aromatic heterocycles. The van der Waals surface area contributed by atoms with Crippen LogP contribution in [0.15, 0.2) is 0 Å². The van der Waals surface area contributed by atoms with Gasteiger partial charge in [-0.1, -0.05) is 20.8 Å². The van der Waals surface area contributed by atoms with Crippen molar-refractivity contribution in [2.75, 3.05) is 13.7 Å². The third kappa shape index (κ3) is 8.58. The topological polar surface area (TPSA) is 55.8 Å². The zero-order valence-electron chi connectivity index (χ0n) is 14.8. The molecule has 0 saturated carbocycles. The summed E-state index contributed by atoms with van der Waals surface area (Å²) in [6.07, 6.45) is 1.24. The van der Waals surface area contributed by atoms with Gasteiger partial charge in [0.25, 0.3) is 0 Å². The molecule has 1 amide bonds. The highest BCUT2D eigenvalue weighted by Gasteiger charge is 2.30. The summed E-state index contributed by atoms with van der Waals surface area (Å²) in [5.74, 6) is -0.281. The van der Waals surface area contributed by atoms with Crippen molar-refractivity contribution in [1.82, 2.24) is 4.90 Å². The average molecular weight is 301 g/mol. The molecule has 124 valence electrons. The number of carbonyl (C=O) groups excluding carboxylic acids is 2. The molecule has 0 N–H and O–H groups in total. The molecule has 5 heteroatoms. The summed E-state index contributed by atoms with van der Waals surface area (Å²) in [5.41, 5.74) is -0.695. The predicted octanol–water partition coefficient (Wildman–Crippen LogP) is 3.61. The minimum absolute atomic E-state index is 0.0467. The van der Waals surface area contributed by atoms with Gasteiger partial charge in [0, 0.05) is 25.4 Å². The van der Waals surface area contributed by atoms with E-state index in [2.05, 4.69) is 0 Å². The zero-order valence-corrected chi connectivity index (χ0v) is 14.8. The molecule has 0 spiro atoms. The van der Waals surface area contributed by atoms with Crippen molar-refractivity contribution >= 4 is 12.1 Å². The molecular weight excluding hydrogens is 270 g/mol. The maximum Gasteiger partial charge on any atom is 0.410 e. The first-order valence-corrected chi connectivity index (χ1v) is 7.47. The Morgan fingerprint density at radius 1 is 1.14 bits per heavy atom. The van der Waals surface area contributed by atoms with Crippen molar-refractivity contribution in [2.24, 2.45) is 5.41 Å². The van der Waals surface area contributed by atoms with Crippen LogP contribution < -0.4 is 0 Å². The van der Waals surface area contributed by atoms with Crippen LogP contribution in [0, 0.1) is 5.41 Å². The molecule has 0 bridgehead atoms. The van der Waals surface area contributed by atoms with E-state index >= 15 is 0 Å². The van der Waals surface area contributed by atoms with E-state index < -0.39 is 5.60 Å². The first-order chi connectivity index (χ1) is 9.38. The quantitative estimate of drug-likeness (QED) is 0.703. The molecule has 0 unspecified atom stereocenters. The van der Waals surface area contributed by atoms with E-state index in [-0.39, 0.29) is 23.5 Å². The number of hydrogen-bond acceptors (Lipinski definition) is 4. The van der Waals surface area contributed by atoms with Gasteiger partial charge in [-0.15, -0.1) is 0 Å². The molecule has 5 nitrogen and oxygen atoms in total. The lowest BCUT2D eigenvalue weighted by Crippen LogP contribution is -2.43. The van der Waals surface area contributed by atoms with E-state index in [9.17, 15) is 9.59 Å². The molecule has 0 saturated heterocycles. The van der Waals surface area contributed by atoms with Crippen molar-refractivity contribution < 1.29 is 19.1 Å². The highest BCUT2D eigenvalue weighted by atomic mass is 16.6. The van der Waals surface area contributed by atoms with Crippen LogP contribution in [-0.4, -0.2) is 42.3 Å². The van der Waals surface area contributed by atoms with Crippen molar-refractivity contribution in [3.05, 3.63) is 0 Å². The molecule has 21 heavy (non-hydrogen) atoms. The van der Waals surface area contributed by atoms with Crippen molar-refractivity contribution in [2.45, 2.75) is 73.0 Å². The molecule has 0 aliphatic carbocycles. The minimum Gasteiger partial charge on any atom is -0.465 e. The number of amides is 1. The van der Waals surface area contributed by atoms with Crippen molar-refractivity contribution in [3.8, 4) is 0 Å². The predicted molar refractivity (Wildman–Crippen MR) is 83.1 cm³/mol. The van der Waals surface area contributed by atoms with Crippen LogP contribution >= 0.6 is 0 Å². The fraction of sp³-hybridized carbons (Fsp3) is 0.875. The van der Waals surface area contributed by atoms with Crippen LogP contribution in [-0.2, 0) is 14.3 Å². The first kappa shape index (κ1) is 19.7. The number of rotatable bonds is 6. The van der Waals surface area contributed by atoms with Crippen LogP contribution in [0.25, 0.3) is 0 Å². The standard InChI is InChI=1S/C16H31NO4/c1-9-13(10-16(6,7)11-20-12(2)18)17(8)14(19)21-15(3,4)5/h13H,9-11H2,1-8H3/t13-/m1/s1. The van der Waals surface area contributed by atoms with E-state index in [0.717, 1.165) is 12.8 Å². The van der Waals surface area contributed by atoms with Gasteiger partial charge < -0.3 is 14.4 Å². The molecule has 0 aromatic rings. The Kier molecular flexibility index (Phi) is 7.20. The number of carbonyl (C=O) groups is 2. The summed E-state index contributed by atoms with van der Waals surface area (Å²) in [6.45, 7) is 13.4. The Balaban J connectivity index is 4.68. The molecule has 0 heterocycles. The van der Waals surface area contributed by atoms with E-state index in [4.69, 9.17) is 9.47 Å². The third-order valence-electron chi connectivity index (χ3n) is 3.15. The number of hydrogen-bond donors (Lipinski definition) is 0. The Morgan fingerprint density at radius 2 is 1.67 bits per heavy atom. The molecule has 0 aromatic carbocycles. The minimum atomic E-state index is -0.503. The highest BCUT2D eigenvalue weighted by Crippen LogP contribution is 2.27. The van der Waals surface area contributed by atoms with E-state index in [1.165, 1.54) is 6.92 Å². The van der Waals surface area contributed by atoms with Gasteiger partial charge in [0.1, 0.15) is 5.60 Å². The molecule has 0 radical (unpaired) electrons. The number of esters is 1. The van der Waals surface area contributed by atoms with Gasteiger partial charge in [-0.25, -0.2) is 4.79 Å². The lowest BCUT2D eigenvalue weighted by molar-refractivity contribution is -0.144. The molecule has 1 atom stereocenters. The van der Waals surface area contributed by atoms with Gasteiger partial charge in [0.15, 0.2) is 0 Å². The monoisotopic (exact) mass is 301 g/mol. The SMILES string of the molecule is CC[C@H](CC(C)(C)COC(C)=O)N(C)C(=O)OC(C)(C)C. The van der Waals surface area contributed by atoms with Gasteiger partial charge in [0.2, 0.25) is 0 Å². The Bertz CT molecular complexity index is 358. The van der Waals surface area contributed by atoms with E-state index in [1.54, 1.807) is 11.9 Å². The summed E-state index contributed by atoms with van der Waals surface area (Å²) >= 11 is 0. The first-order valence-electron chi connectivity index (χ1n) is 7.47. The average Bonchev–Trinajstić information content (AvgIpc) is 2.30. The Labute approximate surface area is 129 Å². The summed E-state index contributed by atoms with van der Waals surface area (Å²) in [7, 11) is 1.75. The Morgan fingerprint density at radius 3 is 2.05 bits per heavy atom. The summed E-state index contributed by atoms with van der Waals surface area (Å²) in [6, 6.07) is 0.0467. The maximum atomic E-state index is 12.1. The second kappa shape index (κ2) is 7.66. The smallest absolute Gasteiger partial charge is 0.410 e. The van der Waals surface area contributed by atoms with Gasteiger partial charge in [-0.3, -0.25) is 4.79 Å². The van der Waals surface area contributed by atoms with Gasteiger partial charge >= 0.3 is 12.1 Å². The van der Waals surface area contributed by atoms with Crippen molar-refractivity contribution in [3.63, 3.8) is 0 Å². The van der Waals surface area contributed by atoms with E-state index in [0.29, 0.717) is 6.61 Å². The lowest BCUT2D eigenvalue weighted by atomic mass is 9.85. The fourth-order valence-electron chi connectivity index (χ4n) is 2.03. The van der Waals surface area contributed by atoms with Crippen LogP contribution in [0.2, 0.25) is 0 Å².